The summed E-state index contributed by atoms with van der Waals surface area (Å²) in [5, 5.41) is 12.5. The van der Waals surface area contributed by atoms with Gasteiger partial charge in [0.2, 0.25) is 0 Å². The number of amides is 1. The van der Waals surface area contributed by atoms with Crippen molar-refractivity contribution >= 4 is 17.5 Å². The highest BCUT2D eigenvalue weighted by molar-refractivity contribution is 6.30. The first kappa shape index (κ1) is 12.7. The molecule has 0 aliphatic carbocycles. The maximum atomic E-state index is 11.9. The lowest BCUT2D eigenvalue weighted by molar-refractivity contribution is 0.0912. The van der Waals surface area contributed by atoms with Crippen molar-refractivity contribution in [2.45, 2.75) is 6.04 Å². The van der Waals surface area contributed by atoms with Crippen LogP contribution >= 0.6 is 11.6 Å². The Morgan fingerprint density at radius 1 is 1.39 bits per heavy atom. The van der Waals surface area contributed by atoms with Crippen molar-refractivity contribution in [3.8, 4) is 0 Å². The fraction of sp³-hybridized carbons (Fsp3) is 0.154. The molecule has 2 aromatic rings. The van der Waals surface area contributed by atoms with Crippen LogP contribution in [0.25, 0.3) is 0 Å². The van der Waals surface area contributed by atoms with Crippen molar-refractivity contribution in [2.24, 2.45) is 0 Å². The number of H-pyrrole nitrogens is 1. The number of benzene rings is 1. The minimum Gasteiger partial charge on any atom is -0.394 e. The molecule has 3 N–H and O–H groups in total. The summed E-state index contributed by atoms with van der Waals surface area (Å²) in [5.74, 6) is -0.301. The summed E-state index contributed by atoms with van der Waals surface area (Å²) in [7, 11) is 0. The minimum atomic E-state index is -0.430. The van der Waals surface area contributed by atoms with Gasteiger partial charge in [0.15, 0.2) is 0 Å². The molecule has 1 aromatic carbocycles. The highest BCUT2D eigenvalue weighted by Crippen LogP contribution is 2.14. The molecule has 0 saturated heterocycles. The molecule has 1 atom stereocenters. The third-order valence-corrected chi connectivity index (χ3v) is 2.80. The molecule has 1 heterocycles. The number of hydrogen-bond acceptors (Lipinski definition) is 2. The molecule has 0 fully saturated rings. The highest BCUT2D eigenvalue weighted by Gasteiger charge is 2.15. The van der Waals surface area contributed by atoms with E-state index >= 15 is 0 Å². The van der Waals surface area contributed by atoms with Crippen molar-refractivity contribution < 1.29 is 9.90 Å². The number of nitrogens with one attached hydrogen (secondary N) is 2. The van der Waals surface area contributed by atoms with Gasteiger partial charge in [0.25, 0.3) is 5.91 Å². The van der Waals surface area contributed by atoms with Gasteiger partial charge >= 0.3 is 0 Å². The van der Waals surface area contributed by atoms with E-state index in [-0.39, 0.29) is 12.5 Å². The maximum absolute atomic E-state index is 11.9. The average molecular weight is 265 g/mol. The van der Waals surface area contributed by atoms with E-state index in [1.807, 2.05) is 30.3 Å². The Morgan fingerprint density at radius 2 is 2.11 bits per heavy atom. The molecule has 1 aromatic heterocycles. The smallest absolute Gasteiger partial charge is 0.268 e. The van der Waals surface area contributed by atoms with E-state index < -0.39 is 6.04 Å². The lowest BCUT2D eigenvalue weighted by atomic mass is 10.1. The van der Waals surface area contributed by atoms with Gasteiger partial charge in [-0.15, -0.1) is 0 Å². The Kier molecular flexibility index (Phi) is 4.02. The Bertz CT molecular complexity index is 525. The van der Waals surface area contributed by atoms with Crippen LogP contribution in [-0.4, -0.2) is 22.6 Å². The largest absolute Gasteiger partial charge is 0.394 e. The number of aliphatic hydroxyl groups excluding tert-OH is 1. The molecule has 4 nitrogen and oxygen atoms in total. The topological polar surface area (TPSA) is 65.1 Å². The molecule has 1 amide bonds. The summed E-state index contributed by atoms with van der Waals surface area (Å²) in [6, 6.07) is 10.4. The van der Waals surface area contributed by atoms with E-state index in [4.69, 9.17) is 11.6 Å². The van der Waals surface area contributed by atoms with Crippen LogP contribution in [0.3, 0.4) is 0 Å². The van der Waals surface area contributed by atoms with Crippen LogP contribution in [0.2, 0.25) is 5.02 Å². The Hall–Kier alpha value is -1.78. The first-order valence-corrected chi connectivity index (χ1v) is 5.89. The number of halogens is 1. The summed E-state index contributed by atoms with van der Waals surface area (Å²) in [6.45, 7) is -0.163. The highest BCUT2D eigenvalue weighted by atomic mass is 35.5. The zero-order chi connectivity index (χ0) is 13.0. The van der Waals surface area contributed by atoms with Crippen molar-refractivity contribution in [2.75, 3.05) is 6.61 Å². The van der Waals surface area contributed by atoms with E-state index in [1.54, 1.807) is 0 Å². The fourth-order valence-electron chi connectivity index (χ4n) is 1.65. The lowest BCUT2D eigenvalue weighted by Gasteiger charge is -2.16. The molecular weight excluding hydrogens is 252 g/mol. The third kappa shape index (κ3) is 2.91. The minimum absolute atomic E-state index is 0.163. The first-order valence-electron chi connectivity index (χ1n) is 5.51. The van der Waals surface area contributed by atoms with Crippen molar-refractivity contribution in [3.63, 3.8) is 0 Å². The number of aromatic amines is 1. The van der Waals surface area contributed by atoms with Crippen molar-refractivity contribution in [1.29, 1.82) is 0 Å². The van der Waals surface area contributed by atoms with Crippen LogP contribution in [0.15, 0.2) is 42.6 Å². The number of carbonyl (C=O) groups excluding carboxylic acids is 1. The molecule has 5 heteroatoms. The quantitative estimate of drug-likeness (QED) is 0.792. The number of hydrogen-bond donors (Lipinski definition) is 3. The van der Waals surface area contributed by atoms with E-state index in [9.17, 15) is 9.90 Å². The van der Waals surface area contributed by atoms with Gasteiger partial charge in [-0.3, -0.25) is 4.79 Å². The van der Waals surface area contributed by atoms with Crippen molar-refractivity contribution in [1.82, 2.24) is 10.3 Å². The van der Waals surface area contributed by atoms with Gasteiger partial charge in [0, 0.05) is 6.20 Å². The Balaban J connectivity index is 2.10. The molecule has 0 aliphatic rings. The van der Waals surface area contributed by atoms with E-state index in [0.29, 0.717) is 10.7 Å². The summed E-state index contributed by atoms with van der Waals surface area (Å²) in [5.41, 5.74) is 1.22. The standard InChI is InChI=1S/C13H13ClN2O2/c14-10-6-11(15-7-10)13(18)16-12(8-17)9-4-2-1-3-5-9/h1-7,12,15,17H,8H2,(H,16,18)/t12-/m0/s1. The zero-order valence-corrected chi connectivity index (χ0v) is 10.3. The van der Waals surface area contributed by atoms with E-state index in [0.717, 1.165) is 5.56 Å². The first-order chi connectivity index (χ1) is 8.70. The third-order valence-electron chi connectivity index (χ3n) is 2.58. The molecule has 18 heavy (non-hydrogen) atoms. The van der Waals surface area contributed by atoms with Crippen LogP contribution in [-0.2, 0) is 0 Å². The van der Waals surface area contributed by atoms with Crippen LogP contribution < -0.4 is 5.32 Å². The van der Waals surface area contributed by atoms with E-state index in [1.165, 1.54) is 12.3 Å². The van der Waals surface area contributed by atoms with Gasteiger partial charge in [0.05, 0.1) is 17.7 Å². The monoisotopic (exact) mass is 264 g/mol. The molecule has 94 valence electrons. The maximum Gasteiger partial charge on any atom is 0.268 e. The van der Waals surface area contributed by atoms with Gasteiger partial charge in [0.1, 0.15) is 5.69 Å². The SMILES string of the molecule is O=C(N[C@@H](CO)c1ccccc1)c1cc(Cl)c[nH]1. The predicted molar refractivity (Wildman–Crippen MR) is 69.5 cm³/mol. The van der Waals surface area contributed by atoms with Crippen molar-refractivity contribution in [3.05, 3.63) is 58.9 Å². The predicted octanol–water partition coefficient (Wildman–Crippen LogP) is 2.13. The molecule has 0 aliphatic heterocycles. The molecule has 0 unspecified atom stereocenters. The molecule has 0 saturated carbocycles. The van der Waals surface area contributed by atoms with Crippen LogP contribution in [0.4, 0.5) is 0 Å². The summed E-state index contributed by atoms with van der Waals surface area (Å²) in [4.78, 5) is 14.6. The van der Waals surface area contributed by atoms with Gasteiger partial charge in [-0.05, 0) is 11.6 Å². The lowest BCUT2D eigenvalue weighted by Crippen LogP contribution is -2.30. The summed E-state index contributed by atoms with van der Waals surface area (Å²) >= 11 is 5.73. The number of aromatic nitrogens is 1. The summed E-state index contributed by atoms with van der Waals surface area (Å²) in [6.07, 6.45) is 1.53. The normalized spacial score (nSPS) is 12.1. The van der Waals surface area contributed by atoms with Gasteiger partial charge < -0.3 is 15.4 Å². The molecule has 0 bridgehead atoms. The Labute approximate surface area is 110 Å². The van der Waals surface area contributed by atoms with Crippen LogP contribution in [0, 0.1) is 0 Å². The molecular formula is C13H13ClN2O2. The van der Waals surface area contributed by atoms with Crippen LogP contribution in [0.1, 0.15) is 22.1 Å². The number of rotatable bonds is 4. The number of carbonyl (C=O) groups is 1. The molecule has 2 rings (SSSR count). The van der Waals surface area contributed by atoms with E-state index in [2.05, 4.69) is 10.3 Å². The van der Waals surface area contributed by atoms with Gasteiger partial charge in [-0.25, -0.2) is 0 Å². The van der Waals surface area contributed by atoms with Crippen LogP contribution in [0.5, 0.6) is 0 Å². The number of aliphatic hydroxyl groups is 1. The second kappa shape index (κ2) is 5.71. The summed E-state index contributed by atoms with van der Waals surface area (Å²) < 4.78 is 0. The van der Waals surface area contributed by atoms with Gasteiger partial charge in [-0.2, -0.15) is 0 Å². The Morgan fingerprint density at radius 3 is 2.67 bits per heavy atom. The average Bonchev–Trinajstić information content (AvgIpc) is 2.83. The molecule has 0 radical (unpaired) electrons. The zero-order valence-electron chi connectivity index (χ0n) is 9.56. The fourth-order valence-corrected chi connectivity index (χ4v) is 1.82. The van der Waals surface area contributed by atoms with Gasteiger partial charge in [-0.1, -0.05) is 41.9 Å². The second-order valence-corrected chi connectivity index (χ2v) is 4.29. The molecule has 0 spiro atoms. The second-order valence-electron chi connectivity index (χ2n) is 3.85.